The maximum Gasteiger partial charge on any atom is 0.127 e. The van der Waals surface area contributed by atoms with E-state index in [1.165, 1.54) is 11.1 Å². The van der Waals surface area contributed by atoms with Crippen LogP contribution in [-0.4, -0.2) is 20.3 Å². The number of hydrogen-bond donors (Lipinski definition) is 1. The van der Waals surface area contributed by atoms with E-state index in [1.54, 1.807) is 0 Å². The van der Waals surface area contributed by atoms with Gasteiger partial charge in [0, 0.05) is 36.3 Å². The molecular weight excluding hydrogens is 384 g/mol. The molecule has 0 spiro atoms. The van der Waals surface area contributed by atoms with Crippen molar-refractivity contribution in [1.82, 2.24) is 9.55 Å². The van der Waals surface area contributed by atoms with Gasteiger partial charge in [0.25, 0.3) is 0 Å². The molecule has 0 fully saturated rings. The third kappa shape index (κ3) is 4.26. The standard InChI is InChI=1S/C27H38N2O2/c1-18-9-10-22-21(15-18)25-23(30)16-20(17-24(25)31-27(22,5)6)26(3,4)11-7-8-13-29-14-12-28-19(29)2/h9,12,14,16-17,21-22,30H,7-8,10-11,13,15H2,1-6H3/t21-,22-/m1/s1. The van der Waals surface area contributed by atoms with Crippen LogP contribution in [0, 0.1) is 12.8 Å². The smallest absolute Gasteiger partial charge is 0.127 e. The molecule has 4 nitrogen and oxygen atoms in total. The van der Waals surface area contributed by atoms with Crippen molar-refractivity contribution < 1.29 is 9.84 Å². The van der Waals surface area contributed by atoms with Crippen LogP contribution in [0.3, 0.4) is 0 Å². The molecule has 0 saturated carbocycles. The van der Waals surface area contributed by atoms with E-state index >= 15 is 0 Å². The number of ether oxygens (including phenoxy) is 1. The Morgan fingerprint density at radius 3 is 2.71 bits per heavy atom. The minimum Gasteiger partial charge on any atom is -0.508 e. The van der Waals surface area contributed by atoms with Gasteiger partial charge in [-0.1, -0.05) is 31.9 Å². The molecule has 168 valence electrons. The molecule has 1 aliphatic heterocycles. The second-order valence-electron chi connectivity index (χ2n) is 10.8. The number of fused-ring (bicyclic) bond motifs is 3. The highest BCUT2D eigenvalue weighted by atomic mass is 16.5. The zero-order valence-electron chi connectivity index (χ0n) is 20.0. The molecule has 4 heteroatoms. The molecule has 1 aromatic heterocycles. The van der Waals surface area contributed by atoms with E-state index in [-0.39, 0.29) is 11.0 Å². The van der Waals surface area contributed by atoms with Gasteiger partial charge in [-0.05, 0) is 76.5 Å². The number of phenols is 1. The monoisotopic (exact) mass is 422 g/mol. The van der Waals surface area contributed by atoms with Gasteiger partial charge >= 0.3 is 0 Å². The number of aryl methyl sites for hydroxylation is 2. The quantitative estimate of drug-likeness (QED) is 0.418. The Kier molecular flexibility index (Phi) is 5.70. The van der Waals surface area contributed by atoms with E-state index in [0.717, 1.165) is 55.8 Å². The molecule has 1 N–H and O–H groups in total. The first kappa shape index (κ1) is 22.0. The number of allylic oxidation sites excluding steroid dienone is 2. The van der Waals surface area contributed by atoms with E-state index in [4.69, 9.17) is 4.74 Å². The van der Waals surface area contributed by atoms with Crippen LogP contribution < -0.4 is 4.74 Å². The van der Waals surface area contributed by atoms with Crippen LogP contribution in [0.1, 0.15) is 89.6 Å². The molecule has 2 aliphatic rings. The predicted molar refractivity (Wildman–Crippen MR) is 126 cm³/mol. The number of unbranched alkanes of at least 4 members (excludes halogenated alkanes) is 1. The fourth-order valence-corrected chi connectivity index (χ4v) is 5.59. The molecule has 0 unspecified atom stereocenters. The van der Waals surface area contributed by atoms with E-state index in [0.29, 0.717) is 17.6 Å². The van der Waals surface area contributed by atoms with Crippen LogP contribution >= 0.6 is 0 Å². The minimum atomic E-state index is -0.229. The largest absolute Gasteiger partial charge is 0.508 e. The Hall–Kier alpha value is -2.23. The summed E-state index contributed by atoms with van der Waals surface area (Å²) < 4.78 is 8.74. The normalized spacial score (nSPS) is 22.3. The van der Waals surface area contributed by atoms with Gasteiger partial charge in [-0.3, -0.25) is 0 Å². The lowest BCUT2D eigenvalue weighted by atomic mass is 9.66. The number of rotatable bonds is 6. The molecule has 2 atom stereocenters. The van der Waals surface area contributed by atoms with Crippen molar-refractivity contribution in [1.29, 1.82) is 0 Å². The molecule has 0 radical (unpaired) electrons. The first-order valence-electron chi connectivity index (χ1n) is 11.8. The molecule has 2 aromatic rings. The lowest BCUT2D eigenvalue weighted by Crippen LogP contribution is -2.45. The molecule has 0 amide bonds. The lowest BCUT2D eigenvalue weighted by Gasteiger charge is -2.47. The van der Waals surface area contributed by atoms with Gasteiger partial charge in [-0.15, -0.1) is 0 Å². The van der Waals surface area contributed by atoms with Gasteiger partial charge in [-0.25, -0.2) is 4.98 Å². The number of phenolic OH excluding ortho intramolecular Hbond substituents is 1. The van der Waals surface area contributed by atoms with Crippen molar-refractivity contribution >= 4 is 0 Å². The van der Waals surface area contributed by atoms with E-state index in [2.05, 4.69) is 69.4 Å². The maximum atomic E-state index is 11.1. The summed E-state index contributed by atoms with van der Waals surface area (Å²) in [5.74, 6) is 3.11. The highest BCUT2D eigenvalue weighted by Gasteiger charge is 2.46. The fraction of sp³-hybridized carbons (Fsp3) is 0.593. The van der Waals surface area contributed by atoms with Crippen molar-refractivity contribution in [2.24, 2.45) is 5.92 Å². The predicted octanol–water partition coefficient (Wildman–Crippen LogP) is 6.66. The summed E-state index contributed by atoms with van der Waals surface area (Å²) in [5.41, 5.74) is 3.35. The number of benzene rings is 1. The molecule has 2 heterocycles. The van der Waals surface area contributed by atoms with Crippen molar-refractivity contribution in [2.45, 2.75) is 97.1 Å². The molecule has 0 bridgehead atoms. The third-order valence-electron chi connectivity index (χ3n) is 7.66. The molecule has 0 saturated heterocycles. The Morgan fingerprint density at radius 2 is 2.00 bits per heavy atom. The van der Waals surface area contributed by atoms with Gasteiger partial charge in [0.15, 0.2) is 0 Å². The minimum absolute atomic E-state index is 0.0246. The van der Waals surface area contributed by atoms with Crippen LogP contribution in [0.5, 0.6) is 11.5 Å². The number of aromatic hydroxyl groups is 1. The van der Waals surface area contributed by atoms with Crippen LogP contribution in [0.2, 0.25) is 0 Å². The van der Waals surface area contributed by atoms with Crippen LogP contribution in [0.25, 0.3) is 0 Å². The third-order valence-corrected chi connectivity index (χ3v) is 7.66. The second kappa shape index (κ2) is 8.03. The molecular formula is C27H38N2O2. The zero-order chi connectivity index (χ0) is 22.4. The highest BCUT2D eigenvalue weighted by Crippen LogP contribution is 2.54. The molecule has 1 aromatic carbocycles. The SMILES string of the molecule is CC1=CC[C@@H]2[C@@H](C1)c1c(O)cc(C(C)(C)CCCCn3ccnc3C)cc1OC2(C)C. The van der Waals surface area contributed by atoms with Crippen LogP contribution in [0.15, 0.2) is 36.2 Å². The summed E-state index contributed by atoms with van der Waals surface area (Å²) in [6, 6.07) is 4.21. The second-order valence-corrected chi connectivity index (χ2v) is 10.8. The zero-order valence-corrected chi connectivity index (χ0v) is 20.0. The Labute approximate surface area is 187 Å². The van der Waals surface area contributed by atoms with Crippen molar-refractivity contribution in [3.8, 4) is 11.5 Å². The average Bonchev–Trinajstić information content (AvgIpc) is 3.08. The highest BCUT2D eigenvalue weighted by molar-refractivity contribution is 5.54. The van der Waals surface area contributed by atoms with E-state index < -0.39 is 0 Å². The average molecular weight is 423 g/mol. The first-order valence-corrected chi connectivity index (χ1v) is 11.8. The molecule has 1 aliphatic carbocycles. The number of nitrogens with zero attached hydrogens (tertiary/aromatic N) is 2. The van der Waals surface area contributed by atoms with Gasteiger partial charge in [0.05, 0.1) is 0 Å². The Bertz CT molecular complexity index is 983. The summed E-state index contributed by atoms with van der Waals surface area (Å²) >= 11 is 0. The summed E-state index contributed by atoms with van der Waals surface area (Å²) in [5, 5.41) is 11.1. The number of aromatic nitrogens is 2. The van der Waals surface area contributed by atoms with Gasteiger partial charge < -0.3 is 14.4 Å². The van der Waals surface area contributed by atoms with Crippen LogP contribution in [-0.2, 0) is 12.0 Å². The summed E-state index contributed by atoms with van der Waals surface area (Å²) in [6.45, 7) is 14.2. The van der Waals surface area contributed by atoms with Crippen LogP contribution in [0.4, 0.5) is 0 Å². The maximum absolute atomic E-state index is 11.1. The Balaban J connectivity index is 1.53. The Morgan fingerprint density at radius 1 is 1.23 bits per heavy atom. The topological polar surface area (TPSA) is 47.3 Å². The molecule has 31 heavy (non-hydrogen) atoms. The lowest BCUT2D eigenvalue weighted by molar-refractivity contribution is 0.00741. The first-order chi connectivity index (χ1) is 14.6. The van der Waals surface area contributed by atoms with Gasteiger partial charge in [0.1, 0.15) is 22.9 Å². The van der Waals surface area contributed by atoms with E-state index in [9.17, 15) is 5.11 Å². The number of imidazole rings is 1. The summed E-state index contributed by atoms with van der Waals surface area (Å²) in [7, 11) is 0. The van der Waals surface area contributed by atoms with Crippen molar-refractivity contribution in [3.63, 3.8) is 0 Å². The molecule has 4 rings (SSSR count). The van der Waals surface area contributed by atoms with E-state index in [1.807, 2.05) is 12.3 Å². The number of hydrogen-bond acceptors (Lipinski definition) is 3. The van der Waals surface area contributed by atoms with Crippen molar-refractivity contribution in [2.75, 3.05) is 0 Å². The summed E-state index contributed by atoms with van der Waals surface area (Å²) in [4.78, 5) is 4.31. The van der Waals surface area contributed by atoms with Gasteiger partial charge in [-0.2, -0.15) is 0 Å². The van der Waals surface area contributed by atoms with Crippen molar-refractivity contribution in [3.05, 3.63) is 53.1 Å². The summed E-state index contributed by atoms with van der Waals surface area (Å²) in [6.07, 6.45) is 11.6. The van der Waals surface area contributed by atoms with Gasteiger partial charge in [0.2, 0.25) is 0 Å². The fourth-order valence-electron chi connectivity index (χ4n) is 5.59.